The Kier molecular flexibility index (Phi) is 66.0. The molecule has 10 heteroatoms. The van der Waals surface area contributed by atoms with E-state index in [1.165, 1.54) is 218 Å². The lowest BCUT2D eigenvalue weighted by Crippen LogP contribution is -2.29. The zero-order valence-electron chi connectivity index (χ0n) is 54.2. The number of ether oxygens (including phenoxy) is 2. The van der Waals surface area contributed by atoms with Crippen LogP contribution in [0.2, 0.25) is 0 Å². The number of carbonyl (C=O) groups excluding carboxylic acids is 2. The van der Waals surface area contributed by atoms with Crippen LogP contribution in [0.25, 0.3) is 0 Å². The second kappa shape index (κ2) is 68.3. The van der Waals surface area contributed by atoms with Gasteiger partial charge in [0.2, 0.25) is 0 Å². The van der Waals surface area contributed by atoms with Gasteiger partial charge in [-0.3, -0.25) is 18.6 Å². The van der Waals surface area contributed by atoms with Crippen molar-refractivity contribution < 1.29 is 37.6 Å². The molecule has 83 heavy (non-hydrogen) atoms. The first kappa shape index (κ1) is 80.2. The Balaban J connectivity index is 3.86. The number of phosphoric ester groups is 1. The van der Waals surface area contributed by atoms with Crippen LogP contribution in [0.15, 0.2) is 85.1 Å². The molecule has 0 aliphatic rings. The topological polar surface area (TPSA) is 134 Å². The van der Waals surface area contributed by atoms with Crippen molar-refractivity contribution in [1.82, 2.24) is 0 Å². The number of hydrogen-bond acceptors (Lipinski definition) is 8. The molecule has 0 heterocycles. The lowest BCUT2D eigenvalue weighted by atomic mass is 10.0. The molecule has 0 fully saturated rings. The molecular weight excluding hydrogens is 1050 g/mol. The molecule has 0 bridgehead atoms. The highest BCUT2D eigenvalue weighted by Gasteiger charge is 2.26. The minimum absolute atomic E-state index is 0.0446. The lowest BCUT2D eigenvalue weighted by molar-refractivity contribution is -0.161. The standard InChI is InChI=1S/C73H132NO8P/c1-3-5-7-9-11-13-15-17-19-21-23-25-27-29-30-31-32-33-34-35-36-37-38-39-40-42-43-45-47-49-51-53-55-57-59-61-63-65-72(75)79-69-71(70-81-83(77,78)80-68-67-74)82-73(76)66-64-62-60-58-56-54-52-50-48-46-44-41-28-26-24-22-20-18-16-14-12-10-8-6-4-2/h6,8,12,14,18,20,24,26,41,44,48,50,54,56,71H,3-5,7,9-11,13,15-17,19,21-23,25,27-40,42-43,45-47,49,51-53,55,57-70,74H2,1-2H3,(H,77,78)/b8-6-,14-12-,20-18-,26-24-,44-41-,50-48-,56-54-. The van der Waals surface area contributed by atoms with Crippen LogP contribution < -0.4 is 5.73 Å². The summed E-state index contributed by atoms with van der Waals surface area (Å²) in [5, 5.41) is 0. The van der Waals surface area contributed by atoms with Crippen LogP contribution in [-0.2, 0) is 32.7 Å². The molecule has 2 atom stereocenters. The van der Waals surface area contributed by atoms with Crippen molar-refractivity contribution in [2.75, 3.05) is 26.4 Å². The first-order valence-electron chi connectivity index (χ1n) is 35.1. The van der Waals surface area contributed by atoms with Crippen LogP contribution in [0.5, 0.6) is 0 Å². The van der Waals surface area contributed by atoms with Gasteiger partial charge in [-0.2, -0.15) is 0 Å². The minimum Gasteiger partial charge on any atom is -0.462 e. The van der Waals surface area contributed by atoms with E-state index in [-0.39, 0.29) is 38.6 Å². The van der Waals surface area contributed by atoms with Gasteiger partial charge in [-0.15, -0.1) is 0 Å². The molecule has 0 rings (SSSR count). The Labute approximate surface area is 513 Å². The van der Waals surface area contributed by atoms with Gasteiger partial charge < -0.3 is 20.1 Å². The average molecular weight is 1180 g/mol. The third kappa shape index (κ3) is 68.2. The van der Waals surface area contributed by atoms with Crippen LogP contribution in [0.4, 0.5) is 0 Å². The summed E-state index contributed by atoms with van der Waals surface area (Å²) in [5.74, 6) is -0.858. The predicted octanol–water partition coefficient (Wildman–Crippen LogP) is 23.0. The number of hydrogen-bond donors (Lipinski definition) is 2. The number of carbonyl (C=O) groups is 2. The predicted molar refractivity (Wildman–Crippen MR) is 358 cm³/mol. The molecular formula is C73H132NO8P. The number of allylic oxidation sites excluding steroid dienone is 14. The van der Waals surface area contributed by atoms with Gasteiger partial charge in [0, 0.05) is 19.4 Å². The molecule has 0 amide bonds. The Morgan fingerprint density at radius 2 is 0.663 bits per heavy atom. The molecule has 3 N–H and O–H groups in total. The second-order valence-corrected chi connectivity index (χ2v) is 24.8. The van der Waals surface area contributed by atoms with E-state index in [0.29, 0.717) is 6.42 Å². The van der Waals surface area contributed by atoms with Crippen LogP contribution in [0, 0.1) is 0 Å². The summed E-state index contributed by atoms with van der Waals surface area (Å²) in [6.07, 6.45) is 91.3. The monoisotopic (exact) mass is 1180 g/mol. The largest absolute Gasteiger partial charge is 0.472 e. The number of phosphoric acid groups is 1. The summed E-state index contributed by atoms with van der Waals surface area (Å²) in [6.45, 7) is 3.63. The number of unbranched alkanes of at least 4 members (excludes halogenated alkanes) is 39. The molecule has 2 unspecified atom stereocenters. The Bertz CT molecular complexity index is 1640. The van der Waals surface area contributed by atoms with Crippen molar-refractivity contribution in [3.63, 3.8) is 0 Å². The van der Waals surface area contributed by atoms with E-state index in [0.717, 1.165) is 83.5 Å². The third-order valence-electron chi connectivity index (χ3n) is 15.3. The highest BCUT2D eigenvalue weighted by molar-refractivity contribution is 7.47. The fourth-order valence-electron chi connectivity index (χ4n) is 10.2. The Hall–Kier alpha value is -2.81. The third-order valence-corrected chi connectivity index (χ3v) is 16.3. The molecule has 0 aromatic heterocycles. The Morgan fingerprint density at radius 1 is 0.373 bits per heavy atom. The van der Waals surface area contributed by atoms with Crippen molar-refractivity contribution in [3.05, 3.63) is 85.1 Å². The molecule has 0 radical (unpaired) electrons. The summed E-state index contributed by atoms with van der Waals surface area (Å²) < 4.78 is 33.1. The maximum atomic E-state index is 12.7. The molecule has 0 aliphatic carbocycles. The van der Waals surface area contributed by atoms with Crippen molar-refractivity contribution in [2.24, 2.45) is 5.73 Å². The maximum Gasteiger partial charge on any atom is 0.472 e. The molecule has 0 saturated carbocycles. The molecule has 0 aliphatic heterocycles. The van der Waals surface area contributed by atoms with Crippen molar-refractivity contribution >= 4 is 19.8 Å². The van der Waals surface area contributed by atoms with Gasteiger partial charge in [0.05, 0.1) is 13.2 Å². The number of rotatable bonds is 66. The quantitative estimate of drug-likeness (QED) is 0.0264. The zero-order valence-corrected chi connectivity index (χ0v) is 55.1. The second-order valence-electron chi connectivity index (χ2n) is 23.4. The van der Waals surface area contributed by atoms with E-state index in [4.69, 9.17) is 24.3 Å². The van der Waals surface area contributed by atoms with Crippen LogP contribution >= 0.6 is 7.82 Å². The maximum absolute atomic E-state index is 12.7. The van der Waals surface area contributed by atoms with Gasteiger partial charge in [-0.1, -0.05) is 336 Å². The Morgan fingerprint density at radius 3 is 0.988 bits per heavy atom. The van der Waals surface area contributed by atoms with Crippen molar-refractivity contribution in [2.45, 2.75) is 341 Å². The molecule has 9 nitrogen and oxygen atoms in total. The highest BCUT2D eigenvalue weighted by Crippen LogP contribution is 2.43. The van der Waals surface area contributed by atoms with Gasteiger partial charge in [-0.25, -0.2) is 4.57 Å². The van der Waals surface area contributed by atoms with E-state index >= 15 is 0 Å². The zero-order chi connectivity index (χ0) is 60.1. The fourth-order valence-corrected chi connectivity index (χ4v) is 10.9. The fraction of sp³-hybridized carbons (Fsp3) is 0.781. The number of nitrogens with two attached hydrogens (primary N) is 1. The average Bonchev–Trinajstić information content (AvgIpc) is 3.49. The van der Waals surface area contributed by atoms with Gasteiger partial charge in [-0.05, 0) is 70.6 Å². The first-order chi connectivity index (χ1) is 40.8. The van der Waals surface area contributed by atoms with Crippen LogP contribution in [0.3, 0.4) is 0 Å². The van der Waals surface area contributed by atoms with E-state index in [2.05, 4.69) is 98.9 Å². The van der Waals surface area contributed by atoms with E-state index in [1.807, 2.05) is 0 Å². The molecule has 482 valence electrons. The van der Waals surface area contributed by atoms with Crippen molar-refractivity contribution in [1.29, 1.82) is 0 Å². The SMILES string of the molecule is CC/C=C\C/C=C\C/C=C\C/C=C\C/C=C\C/C=C\C/C=C\CCCCCC(=O)OC(COC(=O)CCCCCCCCCCCCCCCCCCCCCCCCCCCCCCCCCCCCCCC)COP(=O)(O)OCCN. The molecule has 0 aromatic rings. The first-order valence-corrected chi connectivity index (χ1v) is 36.6. The lowest BCUT2D eigenvalue weighted by Gasteiger charge is -2.19. The summed E-state index contributed by atoms with van der Waals surface area (Å²) in [5.41, 5.74) is 5.39. The van der Waals surface area contributed by atoms with Gasteiger partial charge in [0.25, 0.3) is 0 Å². The summed E-state index contributed by atoms with van der Waals surface area (Å²) in [7, 11) is -4.41. The molecule has 0 aromatic carbocycles. The van der Waals surface area contributed by atoms with Gasteiger partial charge >= 0.3 is 19.8 Å². The van der Waals surface area contributed by atoms with Gasteiger partial charge in [0.1, 0.15) is 6.61 Å². The number of esters is 2. The highest BCUT2D eigenvalue weighted by atomic mass is 31.2. The van der Waals surface area contributed by atoms with Crippen LogP contribution in [0.1, 0.15) is 335 Å². The minimum atomic E-state index is -4.41. The summed E-state index contributed by atoms with van der Waals surface area (Å²) in [4.78, 5) is 35.3. The molecule has 0 spiro atoms. The van der Waals surface area contributed by atoms with E-state index in [9.17, 15) is 19.0 Å². The summed E-state index contributed by atoms with van der Waals surface area (Å²) in [6, 6.07) is 0. The van der Waals surface area contributed by atoms with Gasteiger partial charge in [0.15, 0.2) is 6.10 Å². The van der Waals surface area contributed by atoms with Crippen molar-refractivity contribution in [3.8, 4) is 0 Å². The van der Waals surface area contributed by atoms with E-state index in [1.54, 1.807) is 0 Å². The van der Waals surface area contributed by atoms with Crippen LogP contribution in [-0.4, -0.2) is 49.3 Å². The normalized spacial score (nSPS) is 13.4. The summed E-state index contributed by atoms with van der Waals surface area (Å²) >= 11 is 0. The van der Waals surface area contributed by atoms with E-state index < -0.39 is 26.5 Å². The molecule has 0 saturated heterocycles. The smallest absolute Gasteiger partial charge is 0.462 e.